The fraction of sp³-hybridized carbons (Fsp3) is 0.250. The monoisotopic (exact) mass is 547 g/mol. The number of hydrogen-bond acceptors (Lipinski definition) is 8. The zero-order chi connectivity index (χ0) is 27.1. The number of hydrogen-bond donors (Lipinski definition) is 4. The van der Waals surface area contributed by atoms with Gasteiger partial charge in [0.15, 0.2) is 23.0 Å². The second-order valence-corrected chi connectivity index (χ2v) is 10.5. The van der Waals surface area contributed by atoms with E-state index in [2.05, 4.69) is 10.6 Å². The maximum Gasteiger partial charge on any atom is 0.250 e. The number of rotatable bonds is 3. The van der Waals surface area contributed by atoms with Gasteiger partial charge in [0, 0.05) is 28.4 Å². The second kappa shape index (κ2) is 8.36. The first-order chi connectivity index (χ1) is 18.8. The molecule has 0 unspecified atom stereocenters. The smallest absolute Gasteiger partial charge is 0.250 e. The average Bonchev–Trinajstić information content (AvgIpc) is 3.50. The summed E-state index contributed by atoms with van der Waals surface area (Å²) in [5.74, 6) is -3.03. The van der Waals surface area contributed by atoms with Crippen LogP contribution in [0.5, 0.6) is 23.0 Å². The number of anilines is 2. The number of phenolic OH excluding ortho intramolecular Hbond substituents is 2. The largest absolute Gasteiger partial charge is 0.504 e. The van der Waals surface area contributed by atoms with Crippen LogP contribution in [0, 0.1) is 11.8 Å². The number of carbonyl (C=O) groups excluding carboxylic acids is 3. The van der Waals surface area contributed by atoms with E-state index in [1.165, 1.54) is 12.1 Å². The maximum atomic E-state index is 14.2. The molecule has 4 aliphatic rings. The van der Waals surface area contributed by atoms with E-state index in [0.29, 0.717) is 52.2 Å². The Bertz CT molecular complexity index is 1590. The van der Waals surface area contributed by atoms with Crippen LogP contribution in [-0.2, 0) is 26.3 Å². The molecular formula is C28H22ClN3O7. The summed E-state index contributed by atoms with van der Waals surface area (Å²) >= 11 is 6.32. The van der Waals surface area contributed by atoms with E-state index in [1.54, 1.807) is 42.5 Å². The minimum absolute atomic E-state index is 0.202. The Kier molecular flexibility index (Phi) is 5.10. The van der Waals surface area contributed by atoms with Gasteiger partial charge in [-0.2, -0.15) is 0 Å². The van der Waals surface area contributed by atoms with Crippen molar-refractivity contribution >= 4 is 40.7 Å². The van der Waals surface area contributed by atoms with Crippen LogP contribution in [-0.4, -0.2) is 47.2 Å². The van der Waals surface area contributed by atoms with Crippen molar-refractivity contribution in [2.24, 2.45) is 11.8 Å². The molecule has 4 aliphatic heterocycles. The molecule has 4 atom stereocenters. The lowest BCUT2D eigenvalue weighted by Gasteiger charge is -2.30. The highest BCUT2D eigenvalue weighted by Crippen LogP contribution is 2.54. The fourth-order valence-corrected chi connectivity index (χ4v) is 6.50. The molecule has 11 heteroatoms. The van der Waals surface area contributed by atoms with Crippen LogP contribution in [0.1, 0.15) is 11.1 Å². The van der Waals surface area contributed by atoms with E-state index in [1.807, 2.05) is 0 Å². The van der Waals surface area contributed by atoms with Crippen molar-refractivity contribution in [1.29, 1.82) is 0 Å². The quantitative estimate of drug-likeness (QED) is 0.290. The van der Waals surface area contributed by atoms with E-state index < -0.39 is 41.1 Å². The molecule has 39 heavy (non-hydrogen) atoms. The summed E-state index contributed by atoms with van der Waals surface area (Å²) in [7, 11) is 0. The van der Waals surface area contributed by atoms with Gasteiger partial charge in [0.05, 0.1) is 17.5 Å². The molecule has 4 N–H and O–H groups in total. The Labute approximate surface area is 227 Å². The molecule has 10 nitrogen and oxygen atoms in total. The van der Waals surface area contributed by atoms with Gasteiger partial charge in [0.25, 0.3) is 0 Å². The van der Waals surface area contributed by atoms with Gasteiger partial charge in [0.1, 0.15) is 18.8 Å². The van der Waals surface area contributed by atoms with Gasteiger partial charge >= 0.3 is 0 Å². The Hall–Kier alpha value is -4.28. The summed E-state index contributed by atoms with van der Waals surface area (Å²) < 4.78 is 11.3. The fourth-order valence-electron chi connectivity index (χ4n) is 6.32. The van der Waals surface area contributed by atoms with Crippen LogP contribution < -0.4 is 25.0 Å². The summed E-state index contributed by atoms with van der Waals surface area (Å²) in [6.07, 6.45) is 0.202. The van der Waals surface area contributed by atoms with Crippen LogP contribution in [0.4, 0.5) is 11.4 Å². The Balaban J connectivity index is 1.35. The number of nitrogens with zero attached hydrogens (tertiary/aromatic N) is 1. The zero-order valence-corrected chi connectivity index (χ0v) is 21.1. The summed E-state index contributed by atoms with van der Waals surface area (Å²) in [5, 5.41) is 26.4. The number of phenols is 2. The minimum atomic E-state index is -1.54. The van der Waals surface area contributed by atoms with E-state index in [-0.39, 0.29) is 17.9 Å². The number of benzene rings is 3. The molecule has 4 heterocycles. The van der Waals surface area contributed by atoms with Crippen molar-refractivity contribution in [1.82, 2.24) is 5.32 Å². The molecule has 1 spiro atoms. The van der Waals surface area contributed by atoms with Crippen LogP contribution in [0.2, 0.25) is 5.02 Å². The summed E-state index contributed by atoms with van der Waals surface area (Å²) in [4.78, 5) is 43.0. The molecule has 3 aromatic carbocycles. The Morgan fingerprint density at radius 2 is 1.72 bits per heavy atom. The molecule has 0 aromatic heterocycles. The third-order valence-corrected chi connectivity index (χ3v) is 8.19. The predicted octanol–water partition coefficient (Wildman–Crippen LogP) is 2.69. The molecule has 0 radical (unpaired) electrons. The molecule has 0 saturated carbocycles. The van der Waals surface area contributed by atoms with Gasteiger partial charge in [-0.15, -0.1) is 0 Å². The third-order valence-electron chi connectivity index (χ3n) is 7.96. The molecule has 7 rings (SSSR count). The van der Waals surface area contributed by atoms with E-state index >= 15 is 0 Å². The van der Waals surface area contributed by atoms with Crippen molar-refractivity contribution in [3.8, 4) is 23.0 Å². The predicted molar refractivity (Wildman–Crippen MR) is 139 cm³/mol. The average molecular weight is 548 g/mol. The molecular weight excluding hydrogens is 526 g/mol. The molecule has 3 aromatic rings. The van der Waals surface area contributed by atoms with E-state index in [0.717, 1.165) is 4.90 Å². The number of carbonyl (C=O) groups is 3. The van der Waals surface area contributed by atoms with Crippen molar-refractivity contribution < 1.29 is 34.1 Å². The van der Waals surface area contributed by atoms with Gasteiger partial charge in [0.2, 0.25) is 17.7 Å². The van der Waals surface area contributed by atoms with Gasteiger partial charge in [-0.25, -0.2) is 4.90 Å². The third kappa shape index (κ3) is 3.34. The molecule has 0 aliphatic carbocycles. The first kappa shape index (κ1) is 23.8. The Morgan fingerprint density at radius 3 is 2.51 bits per heavy atom. The summed E-state index contributed by atoms with van der Waals surface area (Å²) in [6.45, 7) is 0.744. The topological polar surface area (TPSA) is 137 Å². The summed E-state index contributed by atoms with van der Waals surface area (Å²) in [6, 6.07) is 13.5. The highest BCUT2D eigenvalue weighted by Gasteiger charge is 2.70. The highest BCUT2D eigenvalue weighted by atomic mass is 35.5. The van der Waals surface area contributed by atoms with Crippen LogP contribution in [0.15, 0.2) is 54.6 Å². The van der Waals surface area contributed by atoms with Crippen molar-refractivity contribution in [2.45, 2.75) is 18.0 Å². The molecule has 198 valence electrons. The minimum Gasteiger partial charge on any atom is -0.504 e. The first-order valence-electron chi connectivity index (χ1n) is 12.5. The second-order valence-electron chi connectivity index (χ2n) is 10.1. The van der Waals surface area contributed by atoms with Gasteiger partial charge < -0.3 is 25.0 Å². The SMILES string of the molecule is O=C1[C@@H]2[C@H](Cc3ccc(O)c(O)c3)N[C@@]3(C(=O)Nc4ccc(Cl)cc43)[C@@H]2C(=O)N1c1ccc2c(c1)OCCO2. The van der Waals surface area contributed by atoms with Gasteiger partial charge in [-0.05, 0) is 54.4 Å². The normalized spacial score (nSPS) is 26.6. The number of imide groups is 1. The van der Waals surface area contributed by atoms with E-state index in [4.69, 9.17) is 21.1 Å². The molecule has 3 amide bonds. The summed E-state index contributed by atoms with van der Waals surface area (Å²) in [5.41, 5.74) is 0.405. The Morgan fingerprint density at radius 1 is 0.923 bits per heavy atom. The first-order valence-corrected chi connectivity index (χ1v) is 12.8. The van der Waals surface area contributed by atoms with Crippen LogP contribution in [0.3, 0.4) is 0 Å². The highest BCUT2D eigenvalue weighted by molar-refractivity contribution is 6.31. The maximum absolute atomic E-state index is 14.2. The lowest BCUT2D eigenvalue weighted by Crippen LogP contribution is -2.53. The lowest BCUT2D eigenvalue weighted by atomic mass is 9.76. The number of ether oxygens (including phenoxy) is 2. The van der Waals surface area contributed by atoms with Crippen molar-refractivity contribution in [3.63, 3.8) is 0 Å². The van der Waals surface area contributed by atoms with Gasteiger partial charge in [-0.1, -0.05) is 17.7 Å². The zero-order valence-electron chi connectivity index (χ0n) is 20.3. The van der Waals surface area contributed by atoms with Gasteiger partial charge in [-0.3, -0.25) is 19.7 Å². The number of halogens is 1. The number of amides is 3. The number of fused-ring (bicyclic) bond motifs is 5. The van der Waals surface area contributed by atoms with Crippen LogP contribution in [0.25, 0.3) is 0 Å². The van der Waals surface area contributed by atoms with Crippen molar-refractivity contribution in [2.75, 3.05) is 23.4 Å². The standard InChI is InChI=1S/C28H22ClN3O7/c29-14-2-4-17-16(11-14)28(27(37)30-17)24-23(18(31-28)9-13-1-5-19(33)20(34)10-13)25(35)32(26(24)36)15-3-6-21-22(12-15)39-8-7-38-21/h1-6,10-12,18,23-24,31,33-34H,7-9H2,(H,30,37)/t18-,23+,24-,28+/m0/s1. The molecule has 0 bridgehead atoms. The number of nitrogens with one attached hydrogen (secondary N) is 2. The number of aromatic hydroxyl groups is 2. The van der Waals surface area contributed by atoms with Crippen LogP contribution >= 0.6 is 11.6 Å². The molecule has 2 saturated heterocycles. The molecule has 2 fully saturated rings. The lowest BCUT2D eigenvalue weighted by molar-refractivity contribution is -0.130. The van der Waals surface area contributed by atoms with Crippen molar-refractivity contribution in [3.05, 3.63) is 70.7 Å². The van der Waals surface area contributed by atoms with E-state index in [9.17, 15) is 24.6 Å².